The number of amides is 2. The second-order valence-corrected chi connectivity index (χ2v) is 9.97. The summed E-state index contributed by atoms with van der Waals surface area (Å²) in [6.45, 7) is 7.68. The number of fused-ring (bicyclic) bond motifs is 1. The number of halogens is 1. The fourth-order valence-electron chi connectivity index (χ4n) is 4.71. The van der Waals surface area contributed by atoms with Crippen molar-refractivity contribution in [3.05, 3.63) is 107 Å². The highest BCUT2D eigenvalue weighted by molar-refractivity contribution is 6.12. The predicted molar refractivity (Wildman–Crippen MR) is 153 cm³/mol. The molecule has 1 heterocycles. The minimum Gasteiger partial charge on any atom is -0.463 e. The van der Waals surface area contributed by atoms with E-state index in [1.165, 1.54) is 18.3 Å². The average Bonchev–Trinajstić information content (AvgIpc) is 3.64. The lowest BCUT2D eigenvalue weighted by atomic mass is 9.95. The Kier molecular flexibility index (Phi) is 6.94. The molecule has 40 heavy (non-hydrogen) atoms. The molecule has 4 N–H and O–H groups in total. The zero-order valence-electron chi connectivity index (χ0n) is 22.6. The first-order valence-electron chi connectivity index (χ1n) is 12.9. The molecule has 4 aromatic rings. The van der Waals surface area contributed by atoms with Gasteiger partial charge in [-0.2, -0.15) is 0 Å². The zero-order chi connectivity index (χ0) is 28.6. The van der Waals surface area contributed by atoms with Crippen molar-refractivity contribution in [2.75, 3.05) is 7.05 Å². The van der Waals surface area contributed by atoms with Crippen LogP contribution in [0.15, 0.2) is 89.4 Å². The first-order valence-corrected chi connectivity index (χ1v) is 12.9. The molecule has 0 saturated heterocycles. The Balaban J connectivity index is 1.51. The minimum atomic E-state index is -0.624. The molecule has 204 valence electrons. The standard InChI is InChI=1S/C32H30FN3O4/c1-18-5-6-23(30(37)36-32(13-14-32)20(3)39-19(2)17-34)16-25(18)22-9-12-27-26(15-22)28(31(38)35-4)29(40-27)21-7-10-24(33)11-8-21/h5-12,15-17H,3,13-14,34H2,1-2,4H3,(H,35,38)(H,36,37)/b19-17-. The van der Waals surface area contributed by atoms with Gasteiger partial charge in [0.1, 0.15) is 28.7 Å². The topological polar surface area (TPSA) is 107 Å². The lowest BCUT2D eigenvalue weighted by molar-refractivity contribution is 0.0922. The van der Waals surface area contributed by atoms with Crippen LogP contribution in [0.25, 0.3) is 33.4 Å². The molecule has 5 rings (SSSR count). The van der Waals surface area contributed by atoms with E-state index in [1.54, 1.807) is 38.2 Å². The van der Waals surface area contributed by atoms with E-state index >= 15 is 0 Å². The fourth-order valence-corrected chi connectivity index (χ4v) is 4.71. The van der Waals surface area contributed by atoms with Gasteiger partial charge in [0.05, 0.1) is 11.1 Å². The third-order valence-electron chi connectivity index (χ3n) is 7.21. The van der Waals surface area contributed by atoms with E-state index in [9.17, 15) is 14.0 Å². The van der Waals surface area contributed by atoms with E-state index in [2.05, 4.69) is 17.2 Å². The van der Waals surface area contributed by atoms with Crippen molar-refractivity contribution in [1.82, 2.24) is 10.6 Å². The number of furan rings is 1. The molecule has 0 aliphatic heterocycles. The van der Waals surface area contributed by atoms with Crippen LogP contribution in [0.1, 0.15) is 46.0 Å². The first kappa shape index (κ1) is 26.7. The summed E-state index contributed by atoms with van der Waals surface area (Å²) in [6, 6.07) is 16.9. The molecule has 1 aliphatic rings. The Bertz CT molecular complexity index is 1680. The van der Waals surface area contributed by atoms with Gasteiger partial charge >= 0.3 is 0 Å². The van der Waals surface area contributed by atoms with E-state index in [0.29, 0.717) is 44.9 Å². The van der Waals surface area contributed by atoms with Crippen molar-refractivity contribution in [2.24, 2.45) is 5.73 Å². The number of carbonyl (C=O) groups is 2. The quantitative estimate of drug-likeness (QED) is 0.232. The highest BCUT2D eigenvalue weighted by atomic mass is 19.1. The number of ether oxygens (including phenoxy) is 1. The Morgan fingerprint density at radius 1 is 1.05 bits per heavy atom. The molecule has 1 aliphatic carbocycles. The summed E-state index contributed by atoms with van der Waals surface area (Å²) in [7, 11) is 1.55. The van der Waals surface area contributed by atoms with Crippen molar-refractivity contribution in [2.45, 2.75) is 32.2 Å². The smallest absolute Gasteiger partial charge is 0.255 e. The molecule has 0 spiro atoms. The third kappa shape index (κ3) is 4.96. The van der Waals surface area contributed by atoms with Crippen molar-refractivity contribution in [1.29, 1.82) is 0 Å². The SMILES string of the molecule is C=C(O/C(C)=C\N)C1(NC(=O)c2ccc(C)c(-c3ccc4oc(-c5ccc(F)cc5)c(C(=O)NC)c4c3)c2)CC1. The van der Waals surface area contributed by atoms with Crippen LogP contribution in [0.3, 0.4) is 0 Å². The number of rotatable bonds is 8. The highest BCUT2D eigenvalue weighted by Crippen LogP contribution is 2.43. The van der Waals surface area contributed by atoms with Crippen molar-refractivity contribution >= 4 is 22.8 Å². The number of benzene rings is 3. The van der Waals surface area contributed by atoms with Crippen molar-refractivity contribution in [3.8, 4) is 22.5 Å². The van der Waals surface area contributed by atoms with Crippen molar-refractivity contribution < 1.29 is 23.1 Å². The molecule has 1 saturated carbocycles. The normalized spacial score (nSPS) is 14.1. The number of aryl methyl sites for hydroxylation is 1. The Hall–Kier alpha value is -4.85. The van der Waals surface area contributed by atoms with Crippen LogP contribution in [0.4, 0.5) is 4.39 Å². The number of hydrogen-bond donors (Lipinski definition) is 3. The van der Waals surface area contributed by atoms with Crippen molar-refractivity contribution in [3.63, 3.8) is 0 Å². The van der Waals surface area contributed by atoms with E-state index in [-0.39, 0.29) is 17.6 Å². The maximum Gasteiger partial charge on any atom is 0.255 e. The summed E-state index contributed by atoms with van der Waals surface area (Å²) in [6.07, 6.45) is 2.80. The minimum absolute atomic E-state index is 0.244. The number of allylic oxidation sites excluding steroid dienone is 1. The molecular formula is C32H30FN3O4. The van der Waals surface area contributed by atoms with E-state index in [1.807, 2.05) is 31.2 Å². The summed E-state index contributed by atoms with van der Waals surface area (Å²) >= 11 is 0. The fraction of sp³-hybridized carbons (Fsp3) is 0.188. The number of hydrogen-bond acceptors (Lipinski definition) is 5. The predicted octanol–water partition coefficient (Wildman–Crippen LogP) is 6.19. The van der Waals surface area contributed by atoms with Gasteiger partial charge < -0.3 is 25.5 Å². The summed E-state index contributed by atoms with van der Waals surface area (Å²) in [5.41, 5.74) is 9.44. The maximum absolute atomic E-state index is 13.5. The number of nitrogens with two attached hydrogens (primary N) is 1. The van der Waals surface area contributed by atoms with E-state index in [0.717, 1.165) is 29.5 Å². The van der Waals surface area contributed by atoms with Crippen LogP contribution in [-0.4, -0.2) is 24.4 Å². The molecule has 3 aromatic carbocycles. The molecule has 7 nitrogen and oxygen atoms in total. The number of carbonyl (C=O) groups excluding carboxylic acids is 2. The maximum atomic E-state index is 13.5. The van der Waals surface area contributed by atoms with E-state index < -0.39 is 5.54 Å². The van der Waals surface area contributed by atoms with E-state index in [4.69, 9.17) is 14.9 Å². The second kappa shape index (κ2) is 10.4. The van der Waals surface area contributed by atoms with Crippen LogP contribution in [0.5, 0.6) is 0 Å². The molecule has 2 amide bonds. The lowest BCUT2D eigenvalue weighted by Gasteiger charge is -2.21. The summed E-state index contributed by atoms with van der Waals surface area (Å²) < 4.78 is 25.3. The van der Waals surface area contributed by atoms with Gasteiger partial charge in [-0.15, -0.1) is 0 Å². The lowest BCUT2D eigenvalue weighted by Crippen LogP contribution is -2.38. The van der Waals surface area contributed by atoms with Gasteiger partial charge in [-0.1, -0.05) is 18.7 Å². The van der Waals surface area contributed by atoms with Gasteiger partial charge in [-0.25, -0.2) is 4.39 Å². The molecule has 0 atom stereocenters. The summed E-state index contributed by atoms with van der Waals surface area (Å²) in [4.78, 5) is 26.3. The van der Waals surface area contributed by atoms with Crippen LogP contribution in [0.2, 0.25) is 0 Å². The van der Waals surface area contributed by atoms with Gasteiger partial charge in [-0.3, -0.25) is 9.59 Å². The zero-order valence-corrected chi connectivity index (χ0v) is 22.6. The van der Waals surface area contributed by atoms with Crippen LogP contribution >= 0.6 is 0 Å². The van der Waals surface area contributed by atoms with Gasteiger partial charge in [0, 0.05) is 29.8 Å². The van der Waals surface area contributed by atoms with Gasteiger partial charge in [0.15, 0.2) is 0 Å². The van der Waals surface area contributed by atoms with Crippen LogP contribution < -0.4 is 16.4 Å². The summed E-state index contributed by atoms with van der Waals surface area (Å²) in [5, 5.41) is 6.36. The molecular weight excluding hydrogens is 509 g/mol. The second-order valence-electron chi connectivity index (χ2n) is 9.97. The molecule has 1 fully saturated rings. The van der Waals surface area contributed by atoms with Gasteiger partial charge in [-0.05, 0) is 91.9 Å². The molecule has 0 radical (unpaired) electrons. The molecule has 8 heteroatoms. The van der Waals surface area contributed by atoms with Crippen LogP contribution in [-0.2, 0) is 4.74 Å². The average molecular weight is 540 g/mol. The Labute approximate surface area is 231 Å². The van der Waals surface area contributed by atoms with Gasteiger partial charge in [0.2, 0.25) is 0 Å². The van der Waals surface area contributed by atoms with Crippen LogP contribution in [0, 0.1) is 12.7 Å². The summed E-state index contributed by atoms with van der Waals surface area (Å²) in [5.74, 6) is 0.375. The molecule has 0 bridgehead atoms. The largest absolute Gasteiger partial charge is 0.463 e. The van der Waals surface area contributed by atoms with Gasteiger partial charge in [0.25, 0.3) is 11.8 Å². The first-order chi connectivity index (χ1) is 19.2. The Morgan fingerprint density at radius 2 is 1.75 bits per heavy atom. The highest BCUT2D eigenvalue weighted by Gasteiger charge is 2.48. The third-order valence-corrected chi connectivity index (χ3v) is 7.21. The molecule has 1 aromatic heterocycles. The Morgan fingerprint density at radius 3 is 2.40 bits per heavy atom. The molecule has 0 unspecified atom stereocenters. The monoisotopic (exact) mass is 539 g/mol. The number of nitrogens with one attached hydrogen (secondary N) is 2.